The summed E-state index contributed by atoms with van der Waals surface area (Å²) in [5.74, 6) is 0.0192. The molecule has 110 valence electrons. The third-order valence-electron chi connectivity index (χ3n) is 2.65. The lowest BCUT2D eigenvalue weighted by Gasteiger charge is -2.25. The second-order valence-corrected chi connectivity index (χ2v) is 5.65. The lowest BCUT2D eigenvalue weighted by Crippen LogP contribution is -2.34. The summed E-state index contributed by atoms with van der Waals surface area (Å²) in [6.45, 7) is 7.57. The van der Waals surface area contributed by atoms with Crippen molar-refractivity contribution >= 4 is 11.9 Å². The van der Waals surface area contributed by atoms with E-state index in [-0.39, 0.29) is 5.78 Å². The van der Waals surface area contributed by atoms with Crippen LogP contribution >= 0.6 is 0 Å². The molecule has 0 spiro atoms. The summed E-state index contributed by atoms with van der Waals surface area (Å²) in [6, 6.07) is 1.75. The van der Waals surface area contributed by atoms with Gasteiger partial charge in [-0.05, 0) is 32.4 Å². The molecular weight excluding hydrogens is 256 g/mol. The van der Waals surface area contributed by atoms with Crippen LogP contribution in [0.1, 0.15) is 50.0 Å². The quantitative estimate of drug-likeness (QED) is 0.794. The third-order valence-corrected chi connectivity index (χ3v) is 2.65. The molecule has 0 radical (unpaired) electrons. The van der Waals surface area contributed by atoms with Crippen LogP contribution < -0.4 is 0 Å². The average molecular weight is 278 g/mol. The number of nitrogens with zero attached hydrogens (tertiary/aromatic N) is 2. The Morgan fingerprint density at radius 2 is 2.00 bits per heavy atom. The fourth-order valence-corrected chi connectivity index (χ4v) is 1.66. The van der Waals surface area contributed by atoms with Crippen LogP contribution in [0.3, 0.4) is 0 Å². The normalized spacial score (nSPS) is 11.1. The smallest absolute Gasteiger partial charge is 0.410 e. The van der Waals surface area contributed by atoms with Crippen molar-refractivity contribution in [2.75, 3.05) is 7.05 Å². The number of aromatic nitrogens is 1. The van der Waals surface area contributed by atoms with Gasteiger partial charge in [-0.25, -0.2) is 4.79 Å². The summed E-state index contributed by atoms with van der Waals surface area (Å²) in [5.41, 5.74) is 0.802. The number of carbonyl (C=O) groups is 2. The van der Waals surface area contributed by atoms with E-state index in [0.29, 0.717) is 18.5 Å². The molecule has 0 saturated carbocycles. The van der Waals surface area contributed by atoms with Gasteiger partial charge in [-0.2, -0.15) is 0 Å². The number of pyridine rings is 1. The Morgan fingerprint density at radius 1 is 1.35 bits per heavy atom. The monoisotopic (exact) mass is 278 g/mol. The van der Waals surface area contributed by atoms with E-state index >= 15 is 0 Å². The van der Waals surface area contributed by atoms with Gasteiger partial charge in [0, 0.05) is 38.0 Å². The van der Waals surface area contributed by atoms with Gasteiger partial charge >= 0.3 is 6.09 Å². The van der Waals surface area contributed by atoms with Crippen molar-refractivity contribution < 1.29 is 14.3 Å². The molecule has 1 aromatic heterocycles. The molecule has 1 rings (SSSR count). The lowest BCUT2D eigenvalue weighted by molar-refractivity contribution is 0.0284. The van der Waals surface area contributed by atoms with Crippen LogP contribution in [0, 0.1) is 0 Å². The van der Waals surface area contributed by atoms with E-state index in [0.717, 1.165) is 5.56 Å². The molecule has 1 heterocycles. The van der Waals surface area contributed by atoms with Gasteiger partial charge in [0.05, 0.1) is 0 Å². The lowest BCUT2D eigenvalue weighted by atomic mass is 10.0. The Hall–Kier alpha value is -1.91. The standard InChI is InChI=1S/C15H22N2O3/c1-6-13(18)12-9-16-8-7-11(12)10-17(5)14(19)20-15(2,3)4/h7-9H,6,10H2,1-5H3. The fourth-order valence-electron chi connectivity index (χ4n) is 1.66. The third kappa shape index (κ3) is 4.64. The number of Topliss-reactive ketones (excluding diaryl/α,β-unsaturated/α-hetero) is 1. The first-order valence-corrected chi connectivity index (χ1v) is 6.64. The molecule has 0 aliphatic heterocycles. The van der Waals surface area contributed by atoms with Crippen LogP contribution in [0.2, 0.25) is 0 Å². The highest BCUT2D eigenvalue weighted by Crippen LogP contribution is 2.14. The maximum absolute atomic E-state index is 11.9. The van der Waals surface area contributed by atoms with E-state index in [1.165, 1.54) is 4.90 Å². The van der Waals surface area contributed by atoms with Crippen LogP contribution in [0.25, 0.3) is 0 Å². The molecular formula is C15H22N2O3. The van der Waals surface area contributed by atoms with Crippen molar-refractivity contribution in [1.82, 2.24) is 9.88 Å². The van der Waals surface area contributed by atoms with Crippen LogP contribution in [0.15, 0.2) is 18.5 Å². The molecule has 20 heavy (non-hydrogen) atoms. The molecule has 0 N–H and O–H groups in total. The topological polar surface area (TPSA) is 59.5 Å². The Labute approximate surface area is 119 Å². The summed E-state index contributed by atoms with van der Waals surface area (Å²) in [5, 5.41) is 0. The molecule has 0 aliphatic rings. The van der Waals surface area contributed by atoms with E-state index < -0.39 is 11.7 Å². The number of amides is 1. The van der Waals surface area contributed by atoms with Gasteiger partial charge < -0.3 is 9.64 Å². The van der Waals surface area contributed by atoms with Gasteiger partial charge in [-0.3, -0.25) is 9.78 Å². The number of ether oxygens (including phenoxy) is 1. The zero-order chi connectivity index (χ0) is 15.3. The zero-order valence-electron chi connectivity index (χ0n) is 12.8. The Bertz CT molecular complexity index is 492. The molecule has 5 nitrogen and oxygen atoms in total. The molecule has 0 bridgehead atoms. The minimum absolute atomic E-state index is 0.0192. The second-order valence-electron chi connectivity index (χ2n) is 5.65. The predicted octanol–water partition coefficient (Wildman–Crippen LogP) is 3.04. The van der Waals surface area contributed by atoms with Crippen molar-refractivity contribution in [3.63, 3.8) is 0 Å². The van der Waals surface area contributed by atoms with E-state index in [4.69, 9.17) is 4.74 Å². The number of rotatable bonds is 4. The molecule has 0 saturated heterocycles. The first-order valence-electron chi connectivity index (χ1n) is 6.64. The number of hydrogen-bond donors (Lipinski definition) is 0. The highest BCUT2D eigenvalue weighted by molar-refractivity contribution is 5.97. The largest absolute Gasteiger partial charge is 0.444 e. The van der Waals surface area contributed by atoms with E-state index in [1.807, 2.05) is 20.8 Å². The zero-order valence-corrected chi connectivity index (χ0v) is 12.8. The minimum atomic E-state index is -0.536. The highest BCUT2D eigenvalue weighted by Gasteiger charge is 2.21. The molecule has 5 heteroatoms. The van der Waals surface area contributed by atoms with Crippen LogP contribution in [-0.4, -0.2) is 34.4 Å². The van der Waals surface area contributed by atoms with E-state index in [1.54, 1.807) is 32.4 Å². The summed E-state index contributed by atoms with van der Waals surface area (Å²) in [7, 11) is 1.65. The van der Waals surface area contributed by atoms with Crippen LogP contribution in [0.4, 0.5) is 4.79 Å². The maximum Gasteiger partial charge on any atom is 0.410 e. The summed E-state index contributed by atoms with van der Waals surface area (Å²) >= 11 is 0. The summed E-state index contributed by atoms with van der Waals surface area (Å²) in [4.78, 5) is 29.2. The molecule has 0 aliphatic carbocycles. The molecule has 0 fully saturated rings. The Balaban J connectivity index is 2.83. The van der Waals surface area contributed by atoms with Crippen molar-refractivity contribution in [2.45, 2.75) is 46.3 Å². The fraction of sp³-hybridized carbons (Fsp3) is 0.533. The predicted molar refractivity (Wildman–Crippen MR) is 76.6 cm³/mol. The van der Waals surface area contributed by atoms with E-state index in [2.05, 4.69) is 4.98 Å². The first-order chi connectivity index (χ1) is 9.24. The van der Waals surface area contributed by atoms with Crippen LogP contribution in [0.5, 0.6) is 0 Å². The Kier molecular flexibility index (Phi) is 5.25. The van der Waals surface area contributed by atoms with Gasteiger partial charge in [-0.15, -0.1) is 0 Å². The summed E-state index contributed by atoms with van der Waals surface area (Å²) < 4.78 is 5.28. The van der Waals surface area contributed by atoms with Crippen molar-refractivity contribution in [2.24, 2.45) is 0 Å². The van der Waals surface area contributed by atoms with Gasteiger partial charge in [0.1, 0.15) is 5.60 Å². The Morgan fingerprint density at radius 3 is 2.55 bits per heavy atom. The number of ketones is 1. The van der Waals surface area contributed by atoms with Gasteiger partial charge in [0.2, 0.25) is 0 Å². The SMILES string of the molecule is CCC(=O)c1cnccc1CN(C)C(=O)OC(C)(C)C. The van der Waals surface area contributed by atoms with Gasteiger partial charge in [0.15, 0.2) is 5.78 Å². The van der Waals surface area contributed by atoms with Crippen molar-refractivity contribution in [1.29, 1.82) is 0 Å². The number of hydrogen-bond acceptors (Lipinski definition) is 4. The van der Waals surface area contributed by atoms with Gasteiger partial charge in [-0.1, -0.05) is 6.92 Å². The first kappa shape index (κ1) is 16.1. The molecule has 1 amide bonds. The van der Waals surface area contributed by atoms with Crippen molar-refractivity contribution in [3.05, 3.63) is 29.6 Å². The minimum Gasteiger partial charge on any atom is -0.444 e. The number of carbonyl (C=O) groups excluding carboxylic acids is 2. The highest BCUT2D eigenvalue weighted by atomic mass is 16.6. The van der Waals surface area contributed by atoms with Crippen LogP contribution in [-0.2, 0) is 11.3 Å². The molecule has 0 unspecified atom stereocenters. The summed E-state index contributed by atoms with van der Waals surface area (Å²) in [6.07, 6.45) is 3.16. The average Bonchev–Trinajstić information content (AvgIpc) is 2.36. The second kappa shape index (κ2) is 6.50. The molecule has 1 aromatic rings. The maximum atomic E-state index is 11.9. The van der Waals surface area contributed by atoms with Crippen molar-refractivity contribution in [3.8, 4) is 0 Å². The molecule has 0 atom stereocenters. The molecule has 0 aromatic carbocycles. The van der Waals surface area contributed by atoms with Gasteiger partial charge in [0.25, 0.3) is 0 Å². The van der Waals surface area contributed by atoms with E-state index in [9.17, 15) is 9.59 Å².